The van der Waals surface area contributed by atoms with Gasteiger partial charge in [0.2, 0.25) is 11.8 Å². The lowest BCUT2D eigenvalue weighted by molar-refractivity contribution is -0.159. The lowest BCUT2D eigenvalue weighted by atomic mass is 9.94. The molecule has 2 N–H and O–H groups in total. The normalized spacial score (nSPS) is 13.7. The van der Waals surface area contributed by atoms with Crippen LogP contribution in [0.3, 0.4) is 0 Å². The quantitative estimate of drug-likeness (QED) is 0.223. The number of carbonyl (C=O) groups excluding carboxylic acids is 4. The van der Waals surface area contributed by atoms with E-state index in [0.717, 1.165) is 16.7 Å². The summed E-state index contributed by atoms with van der Waals surface area (Å²) in [6, 6.07) is 11.7. The van der Waals surface area contributed by atoms with Crippen molar-refractivity contribution in [3.05, 3.63) is 83.4 Å². The maximum absolute atomic E-state index is 14.4. The van der Waals surface area contributed by atoms with Gasteiger partial charge >= 0.3 is 12.1 Å². The Labute approximate surface area is 268 Å². The zero-order chi connectivity index (χ0) is 34.1. The highest BCUT2D eigenvalue weighted by Crippen LogP contribution is 2.28. The third kappa shape index (κ3) is 11.7. The van der Waals surface area contributed by atoms with Crippen LogP contribution in [0.15, 0.2) is 61.2 Å². The number of nitrogens with zero attached hydrogens (tertiary/aromatic N) is 1. The van der Waals surface area contributed by atoms with Crippen LogP contribution in [0.1, 0.15) is 83.7 Å². The van der Waals surface area contributed by atoms with Crippen LogP contribution in [0.2, 0.25) is 0 Å². The largest absolute Gasteiger partial charge is 0.458 e. The Morgan fingerprint density at radius 1 is 0.889 bits per heavy atom. The van der Waals surface area contributed by atoms with Gasteiger partial charge in [-0.15, -0.1) is 6.58 Å². The number of nitrogens with one attached hydrogen (secondary N) is 2. The molecule has 0 saturated heterocycles. The van der Waals surface area contributed by atoms with E-state index in [9.17, 15) is 19.2 Å². The van der Waals surface area contributed by atoms with E-state index >= 15 is 0 Å². The van der Waals surface area contributed by atoms with Crippen LogP contribution in [0.4, 0.5) is 4.79 Å². The van der Waals surface area contributed by atoms with E-state index in [-0.39, 0.29) is 18.9 Å². The number of rotatable bonds is 12. The number of hydrogen-bond donors (Lipinski definition) is 2. The molecule has 0 aliphatic heterocycles. The second kappa shape index (κ2) is 15.7. The van der Waals surface area contributed by atoms with E-state index < -0.39 is 53.2 Å². The molecule has 0 aliphatic carbocycles. The Morgan fingerprint density at radius 2 is 1.49 bits per heavy atom. The van der Waals surface area contributed by atoms with Crippen molar-refractivity contribution < 1.29 is 28.7 Å². The number of aryl methyl sites for hydroxylation is 2. The van der Waals surface area contributed by atoms with Crippen LogP contribution in [-0.4, -0.2) is 58.6 Å². The fourth-order valence-corrected chi connectivity index (χ4v) is 4.84. The maximum atomic E-state index is 14.4. The summed E-state index contributed by atoms with van der Waals surface area (Å²) in [7, 11) is 0. The number of ether oxygens (including phenoxy) is 2. The Balaban J connectivity index is 2.62. The summed E-state index contributed by atoms with van der Waals surface area (Å²) in [6.07, 6.45) is 0.973. The van der Waals surface area contributed by atoms with E-state index in [2.05, 4.69) is 17.2 Å². The second-order valence-corrected chi connectivity index (χ2v) is 13.7. The number of alkyl carbamates (subject to hydrolysis) is 1. The number of amides is 3. The second-order valence-electron chi connectivity index (χ2n) is 13.7. The minimum Gasteiger partial charge on any atom is -0.458 e. The maximum Gasteiger partial charge on any atom is 0.408 e. The summed E-state index contributed by atoms with van der Waals surface area (Å²) in [6.45, 7) is 21.8. The van der Waals surface area contributed by atoms with Crippen molar-refractivity contribution in [2.45, 2.75) is 105 Å². The lowest BCUT2D eigenvalue weighted by Gasteiger charge is -2.36. The predicted octanol–water partition coefficient (Wildman–Crippen LogP) is 5.98. The van der Waals surface area contributed by atoms with Gasteiger partial charge in [-0.05, 0) is 78.0 Å². The van der Waals surface area contributed by atoms with Gasteiger partial charge in [0, 0.05) is 13.0 Å². The van der Waals surface area contributed by atoms with Gasteiger partial charge in [0.25, 0.3) is 0 Å². The smallest absolute Gasteiger partial charge is 0.408 e. The van der Waals surface area contributed by atoms with Crippen molar-refractivity contribution in [2.24, 2.45) is 5.92 Å². The Hall–Kier alpha value is -4.14. The molecule has 9 heteroatoms. The van der Waals surface area contributed by atoms with Gasteiger partial charge in [-0.1, -0.05) is 74.0 Å². The van der Waals surface area contributed by atoms with Gasteiger partial charge in [0.1, 0.15) is 29.3 Å². The van der Waals surface area contributed by atoms with Gasteiger partial charge in [-0.3, -0.25) is 9.59 Å². The van der Waals surface area contributed by atoms with E-state index in [1.807, 2.05) is 62.4 Å². The average molecular weight is 622 g/mol. The summed E-state index contributed by atoms with van der Waals surface area (Å²) in [5, 5.41) is 5.61. The minimum atomic E-state index is -1.15. The Morgan fingerprint density at radius 3 is 2.00 bits per heavy atom. The first kappa shape index (κ1) is 37.0. The molecule has 0 spiro atoms. The van der Waals surface area contributed by atoms with Crippen LogP contribution in [0, 0.1) is 19.8 Å². The van der Waals surface area contributed by atoms with Gasteiger partial charge < -0.3 is 25.0 Å². The number of hydrogen-bond acceptors (Lipinski definition) is 6. The van der Waals surface area contributed by atoms with Crippen LogP contribution in [-0.2, 0) is 30.3 Å². The van der Waals surface area contributed by atoms with Gasteiger partial charge in [-0.25, -0.2) is 9.59 Å². The van der Waals surface area contributed by atoms with Crippen molar-refractivity contribution in [2.75, 3.05) is 6.54 Å². The first-order valence-electron chi connectivity index (χ1n) is 15.4. The monoisotopic (exact) mass is 621 g/mol. The van der Waals surface area contributed by atoms with Crippen LogP contribution < -0.4 is 10.6 Å². The molecule has 0 heterocycles. The van der Waals surface area contributed by atoms with E-state index in [1.54, 1.807) is 55.4 Å². The molecule has 9 nitrogen and oxygen atoms in total. The molecule has 3 atom stereocenters. The van der Waals surface area contributed by atoms with E-state index in [4.69, 9.17) is 9.47 Å². The highest BCUT2D eigenvalue weighted by molar-refractivity contribution is 5.94. The summed E-state index contributed by atoms with van der Waals surface area (Å²) >= 11 is 0. The van der Waals surface area contributed by atoms with Gasteiger partial charge in [0.05, 0.1) is 0 Å². The molecule has 0 bridgehead atoms. The van der Waals surface area contributed by atoms with Crippen molar-refractivity contribution >= 4 is 23.9 Å². The van der Waals surface area contributed by atoms with E-state index in [1.165, 1.54) is 11.0 Å². The highest BCUT2D eigenvalue weighted by atomic mass is 16.6. The van der Waals surface area contributed by atoms with Crippen LogP contribution in [0.5, 0.6) is 0 Å². The topological polar surface area (TPSA) is 114 Å². The minimum absolute atomic E-state index is 0.000750. The summed E-state index contributed by atoms with van der Waals surface area (Å²) in [4.78, 5) is 56.3. The predicted molar refractivity (Wildman–Crippen MR) is 176 cm³/mol. The number of carbonyl (C=O) groups is 4. The van der Waals surface area contributed by atoms with Crippen LogP contribution >= 0.6 is 0 Å². The number of benzene rings is 2. The summed E-state index contributed by atoms with van der Waals surface area (Å²) in [5.41, 5.74) is 1.63. The highest BCUT2D eigenvalue weighted by Gasteiger charge is 2.39. The molecule has 2 aromatic carbocycles. The SMILES string of the molecule is C=CCN(C(=O)C(NC(=O)OC(C)(C)C)C(C)C)C(C(=O)NC(Cc1ccccc1)C(=O)OC(C)(C)C)c1ccc(C)cc1C. The zero-order valence-corrected chi connectivity index (χ0v) is 28.5. The molecule has 3 amide bonds. The van der Waals surface area contributed by atoms with Gasteiger partial charge in [-0.2, -0.15) is 0 Å². The molecule has 45 heavy (non-hydrogen) atoms. The van der Waals surface area contributed by atoms with Gasteiger partial charge in [0.15, 0.2) is 0 Å². The molecular formula is C36H51N3O6. The van der Waals surface area contributed by atoms with Crippen molar-refractivity contribution in [3.8, 4) is 0 Å². The molecule has 3 unspecified atom stereocenters. The van der Waals surface area contributed by atoms with Crippen molar-refractivity contribution in [3.63, 3.8) is 0 Å². The fourth-order valence-electron chi connectivity index (χ4n) is 4.84. The fraction of sp³-hybridized carbons (Fsp3) is 0.500. The molecular weight excluding hydrogens is 570 g/mol. The lowest BCUT2D eigenvalue weighted by Crippen LogP contribution is -2.56. The Kier molecular flexibility index (Phi) is 13.0. The molecule has 2 rings (SSSR count). The first-order chi connectivity index (χ1) is 20.8. The molecule has 2 aromatic rings. The molecule has 246 valence electrons. The summed E-state index contributed by atoms with van der Waals surface area (Å²) < 4.78 is 11.1. The third-order valence-corrected chi connectivity index (χ3v) is 6.78. The Bertz CT molecular complexity index is 1340. The van der Waals surface area contributed by atoms with E-state index in [0.29, 0.717) is 5.56 Å². The molecule has 0 fully saturated rings. The average Bonchev–Trinajstić information content (AvgIpc) is 2.90. The molecule has 0 radical (unpaired) electrons. The molecule has 0 saturated carbocycles. The van der Waals surface area contributed by atoms with Crippen molar-refractivity contribution in [1.29, 1.82) is 0 Å². The standard InChI is InChI=1S/C36H51N3O6/c1-12-20-39(32(41)29(23(2)3)38-34(43)45-36(9,10)11)30(27-19-18-24(4)21-25(27)5)31(40)37-28(33(42)44-35(6,7)8)22-26-16-14-13-15-17-26/h12-19,21,23,28-30H,1,20,22H2,2-11H3,(H,37,40)(H,38,43). The van der Waals surface area contributed by atoms with Crippen molar-refractivity contribution in [1.82, 2.24) is 15.5 Å². The first-order valence-corrected chi connectivity index (χ1v) is 15.4. The van der Waals surface area contributed by atoms with Crippen LogP contribution in [0.25, 0.3) is 0 Å². The molecule has 0 aromatic heterocycles. The number of esters is 1. The summed E-state index contributed by atoms with van der Waals surface area (Å²) in [5.74, 6) is -1.99. The third-order valence-electron chi connectivity index (χ3n) is 6.78. The zero-order valence-electron chi connectivity index (χ0n) is 28.5. The molecule has 0 aliphatic rings.